The molecule has 1 amide bonds. The standard InChI is InChI=1S/C23H28N2O7S/c1-30-18-9-12-20(21(15-18)31-2)24-22(26)16-32-23(27)17-7-10-19(11-8-17)33(28,29)25-13-5-3-4-6-14-25/h7-12,15H,3-6,13-14,16H2,1-2H3,(H,24,26). The Morgan fingerprint density at radius 1 is 0.939 bits per heavy atom. The maximum atomic E-state index is 12.8. The number of esters is 1. The SMILES string of the molecule is COc1ccc(NC(=O)COC(=O)c2ccc(S(=O)(=O)N3CCCCCC3)cc2)c(OC)c1. The molecule has 2 aromatic carbocycles. The number of nitrogens with one attached hydrogen (secondary N) is 1. The van der Waals surface area contributed by atoms with E-state index in [0.717, 1.165) is 25.7 Å². The highest BCUT2D eigenvalue weighted by Gasteiger charge is 2.25. The minimum absolute atomic E-state index is 0.130. The maximum Gasteiger partial charge on any atom is 0.338 e. The second-order valence-electron chi connectivity index (χ2n) is 7.53. The van der Waals surface area contributed by atoms with Gasteiger partial charge in [0.15, 0.2) is 6.61 Å². The lowest BCUT2D eigenvalue weighted by Crippen LogP contribution is -2.31. The summed E-state index contributed by atoms with van der Waals surface area (Å²) in [5.74, 6) is -0.314. The van der Waals surface area contributed by atoms with Gasteiger partial charge in [-0.05, 0) is 49.2 Å². The summed E-state index contributed by atoms with van der Waals surface area (Å²) in [7, 11) is -0.627. The summed E-state index contributed by atoms with van der Waals surface area (Å²) in [5, 5.41) is 2.61. The smallest absolute Gasteiger partial charge is 0.338 e. The first-order valence-corrected chi connectivity index (χ1v) is 12.1. The molecule has 10 heteroatoms. The Morgan fingerprint density at radius 2 is 1.61 bits per heavy atom. The lowest BCUT2D eigenvalue weighted by Gasteiger charge is -2.20. The van der Waals surface area contributed by atoms with Crippen molar-refractivity contribution in [2.75, 3.05) is 39.2 Å². The van der Waals surface area contributed by atoms with Crippen LogP contribution in [0.1, 0.15) is 36.0 Å². The Hall–Kier alpha value is -3.11. The largest absolute Gasteiger partial charge is 0.497 e. The summed E-state index contributed by atoms with van der Waals surface area (Å²) in [6.07, 6.45) is 3.73. The molecule has 1 heterocycles. The van der Waals surface area contributed by atoms with Gasteiger partial charge >= 0.3 is 5.97 Å². The van der Waals surface area contributed by atoms with E-state index in [9.17, 15) is 18.0 Å². The predicted octanol–water partition coefficient (Wildman–Crippen LogP) is 3.06. The molecule has 1 saturated heterocycles. The van der Waals surface area contributed by atoms with Crippen LogP contribution >= 0.6 is 0 Å². The van der Waals surface area contributed by atoms with Crippen LogP contribution in [0.2, 0.25) is 0 Å². The summed E-state index contributed by atoms with van der Waals surface area (Å²) >= 11 is 0. The fraction of sp³-hybridized carbons (Fsp3) is 0.391. The summed E-state index contributed by atoms with van der Waals surface area (Å²) in [6.45, 7) is 0.488. The molecule has 0 atom stereocenters. The average molecular weight is 477 g/mol. The number of nitrogens with zero attached hydrogens (tertiary/aromatic N) is 1. The molecule has 0 spiro atoms. The van der Waals surface area contributed by atoms with Gasteiger partial charge in [0.2, 0.25) is 10.0 Å². The van der Waals surface area contributed by atoms with E-state index < -0.39 is 28.5 Å². The van der Waals surface area contributed by atoms with Crippen LogP contribution in [-0.2, 0) is 19.6 Å². The van der Waals surface area contributed by atoms with Gasteiger partial charge in [-0.15, -0.1) is 0 Å². The summed E-state index contributed by atoms with van der Waals surface area (Å²) in [4.78, 5) is 24.6. The van der Waals surface area contributed by atoms with Crippen LogP contribution < -0.4 is 14.8 Å². The van der Waals surface area contributed by atoms with Crippen molar-refractivity contribution in [1.29, 1.82) is 0 Å². The highest BCUT2D eigenvalue weighted by molar-refractivity contribution is 7.89. The van der Waals surface area contributed by atoms with Gasteiger partial charge in [0.1, 0.15) is 11.5 Å². The zero-order valence-corrected chi connectivity index (χ0v) is 19.5. The maximum absolute atomic E-state index is 12.8. The van der Waals surface area contributed by atoms with E-state index in [1.807, 2.05) is 0 Å². The Bertz CT molecular complexity index is 1080. The molecule has 0 saturated carbocycles. The monoisotopic (exact) mass is 476 g/mol. The molecule has 0 radical (unpaired) electrons. The molecule has 2 aromatic rings. The number of methoxy groups -OCH3 is 2. The van der Waals surface area contributed by atoms with Crippen molar-refractivity contribution in [2.45, 2.75) is 30.6 Å². The van der Waals surface area contributed by atoms with Crippen LogP contribution in [0, 0.1) is 0 Å². The average Bonchev–Trinajstić information content (AvgIpc) is 3.13. The highest BCUT2D eigenvalue weighted by atomic mass is 32.2. The second kappa shape index (κ2) is 11.2. The molecule has 1 aliphatic rings. The third kappa shape index (κ3) is 6.23. The summed E-state index contributed by atoms with van der Waals surface area (Å²) in [5.41, 5.74) is 0.557. The molecule has 0 bridgehead atoms. The van der Waals surface area contributed by atoms with Crippen molar-refractivity contribution in [3.8, 4) is 11.5 Å². The van der Waals surface area contributed by atoms with E-state index in [-0.39, 0.29) is 10.5 Å². The van der Waals surface area contributed by atoms with Crippen LogP contribution in [0.4, 0.5) is 5.69 Å². The fourth-order valence-electron chi connectivity index (χ4n) is 3.50. The van der Waals surface area contributed by atoms with Crippen molar-refractivity contribution < 1.29 is 32.2 Å². The minimum Gasteiger partial charge on any atom is -0.497 e. The van der Waals surface area contributed by atoms with Crippen LogP contribution in [-0.4, -0.2) is 58.5 Å². The van der Waals surface area contributed by atoms with Gasteiger partial charge in [-0.2, -0.15) is 4.31 Å². The van der Waals surface area contributed by atoms with Gasteiger partial charge in [0, 0.05) is 19.2 Å². The van der Waals surface area contributed by atoms with Gasteiger partial charge in [-0.25, -0.2) is 13.2 Å². The van der Waals surface area contributed by atoms with Gasteiger partial charge < -0.3 is 19.5 Å². The van der Waals surface area contributed by atoms with Crippen LogP contribution in [0.15, 0.2) is 47.4 Å². The van der Waals surface area contributed by atoms with Crippen LogP contribution in [0.5, 0.6) is 11.5 Å². The molecule has 33 heavy (non-hydrogen) atoms. The zero-order chi connectivity index (χ0) is 23.8. The number of carbonyl (C=O) groups is 2. The number of carbonyl (C=O) groups excluding carboxylic acids is 2. The lowest BCUT2D eigenvalue weighted by molar-refractivity contribution is -0.119. The summed E-state index contributed by atoms with van der Waals surface area (Å²) < 4.78 is 42.6. The van der Waals surface area contributed by atoms with Crippen LogP contribution in [0.3, 0.4) is 0 Å². The van der Waals surface area contributed by atoms with Crippen molar-refractivity contribution in [2.24, 2.45) is 0 Å². The van der Waals surface area contributed by atoms with E-state index in [2.05, 4.69) is 5.32 Å². The molecule has 1 aliphatic heterocycles. The number of anilines is 1. The van der Waals surface area contributed by atoms with Crippen molar-refractivity contribution in [3.05, 3.63) is 48.0 Å². The van der Waals surface area contributed by atoms with Gasteiger partial charge in [0.25, 0.3) is 5.91 Å². The third-order valence-corrected chi connectivity index (χ3v) is 7.22. The molecule has 0 unspecified atom stereocenters. The van der Waals surface area contributed by atoms with Crippen LogP contribution in [0.25, 0.3) is 0 Å². The number of ether oxygens (including phenoxy) is 3. The predicted molar refractivity (Wildman–Crippen MR) is 122 cm³/mol. The first-order chi connectivity index (χ1) is 15.8. The number of hydrogen-bond donors (Lipinski definition) is 1. The molecule has 9 nitrogen and oxygen atoms in total. The molecule has 178 valence electrons. The Labute approximate surface area is 193 Å². The lowest BCUT2D eigenvalue weighted by atomic mass is 10.2. The fourth-order valence-corrected chi connectivity index (χ4v) is 5.01. The number of rotatable bonds is 8. The number of hydrogen-bond acceptors (Lipinski definition) is 7. The Balaban J connectivity index is 1.58. The minimum atomic E-state index is -3.60. The van der Waals surface area contributed by atoms with E-state index in [4.69, 9.17) is 14.2 Å². The molecular weight excluding hydrogens is 448 g/mol. The number of sulfonamides is 1. The number of benzene rings is 2. The number of amides is 1. The topological polar surface area (TPSA) is 111 Å². The van der Waals surface area contributed by atoms with E-state index >= 15 is 0 Å². The normalized spacial score (nSPS) is 14.7. The van der Waals surface area contributed by atoms with Crippen molar-refractivity contribution in [3.63, 3.8) is 0 Å². The Morgan fingerprint density at radius 3 is 2.21 bits per heavy atom. The van der Waals surface area contributed by atoms with Crippen molar-refractivity contribution >= 4 is 27.6 Å². The Kier molecular flexibility index (Phi) is 8.29. The second-order valence-corrected chi connectivity index (χ2v) is 9.47. The van der Waals surface area contributed by atoms with E-state index in [0.29, 0.717) is 30.3 Å². The van der Waals surface area contributed by atoms with Gasteiger partial charge in [-0.3, -0.25) is 4.79 Å². The zero-order valence-electron chi connectivity index (χ0n) is 18.7. The molecule has 1 fully saturated rings. The van der Waals surface area contributed by atoms with Crippen molar-refractivity contribution in [1.82, 2.24) is 4.31 Å². The van der Waals surface area contributed by atoms with E-state index in [1.54, 1.807) is 18.2 Å². The highest BCUT2D eigenvalue weighted by Crippen LogP contribution is 2.29. The first-order valence-electron chi connectivity index (χ1n) is 10.6. The summed E-state index contributed by atoms with van der Waals surface area (Å²) in [6, 6.07) is 10.4. The van der Waals surface area contributed by atoms with Gasteiger partial charge in [-0.1, -0.05) is 12.8 Å². The van der Waals surface area contributed by atoms with E-state index in [1.165, 1.54) is 42.8 Å². The molecular formula is C23H28N2O7S. The molecule has 3 rings (SSSR count). The quantitative estimate of drug-likeness (QED) is 0.583. The third-order valence-electron chi connectivity index (χ3n) is 5.31. The first kappa shape index (κ1) is 24.5. The van der Waals surface area contributed by atoms with Gasteiger partial charge in [0.05, 0.1) is 30.4 Å². The molecule has 0 aliphatic carbocycles. The molecule has 1 N–H and O–H groups in total. The molecule has 0 aromatic heterocycles.